The van der Waals surface area contributed by atoms with Crippen LogP contribution < -0.4 is 4.90 Å². The average Bonchev–Trinajstić information content (AvgIpc) is 2.37. The minimum Gasteiger partial charge on any atom is -0.367 e. The zero-order valence-corrected chi connectivity index (χ0v) is 11.8. The second kappa shape index (κ2) is 5.41. The molecule has 0 spiro atoms. The number of benzene rings is 1. The molecule has 0 bridgehead atoms. The van der Waals surface area contributed by atoms with Crippen LogP contribution in [-0.4, -0.2) is 37.0 Å². The number of hydrogen-bond donors (Lipinski definition) is 0. The highest BCUT2D eigenvalue weighted by Gasteiger charge is 2.31. The SMILES string of the molecule is O=C(C1CCC1)N1CCN(c2ccccc2Cl)CC1. The van der Waals surface area contributed by atoms with E-state index in [1.807, 2.05) is 29.2 Å². The van der Waals surface area contributed by atoms with E-state index >= 15 is 0 Å². The lowest BCUT2D eigenvalue weighted by Crippen LogP contribution is -2.51. The van der Waals surface area contributed by atoms with Gasteiger partial charge in [-0.1, -0.05) is 30.2 Å². The normalized spacial score (nSPS) is 20.3. The lowest BCUT2D eigenvalue weighted by Gasteiger charge is -2.39. The first-order valence-corrected chi connectivity index (χ1v) is 7.42. The third-order valence-corrected chi connectivity index (χ3v) is 4.56. The van der Waals surface area contributed by atoms with Crippen molar-refractivity contribution in [2.45, 2.75) is 19.3 Å². The summed E-state index contributed by atoms with van der Waals surface area (Å²) in [6, 6.07) is 7.92. The van der Waals surface area contributed by atoms with Crippen molar-refractivity contribution in [1.82, 2.24) is 4.90 Å². The maximum atomic E-state index is 12.2. The van der Waals surface area contributed by atoms with Gasteiger partial charge in [0.25, 0.3) is 0 Å². The Morgan fingerprint density at radius 1 is 1.11 bits per heavy atom. The fourth-order valence-electron chi connectivity index (χ4n) is 2.79. The minimum absolute atomic E-state index is 0.312. The van der Waals surface area contributed by atoms with Gasteiger partial charge in [0.1, 0.15) is 0 Å². The smallest absolute Gasteiger partial charge is 0.225 e. The van der Waals surface area contributed by atoms with E-state index in [9.17, 15) is 4.79 Å². The number of hydrogen-bond acceptors (Lipinski definition) is 2. The Kier molecular flexibility index (Phi) is 3.65. The maximum absolute atomic E-state index is 12.2. The van der Waals surface area contributed by atoms with E-state index in [0.29, 0.717) is 11.8 Å². The van der Waals surface area contributed by atoms with Gasteiger partial charge in [-0.25, -0.2) is 0 Å². The number of carbonyl (C=O) groups excluding carboxylic acids is 1. The fraction of sp³-hybridized carbons (Fsp3) is 0.533. The molecule has 1 aliphatic heterocycles. The highest BCUT2D eigenvalue weighted by Crippen LogP contribution is 2.30. The fourth-order valence-corrected chi connectivity index (χ4v) is 3.04. The van der Waals surface area contributed by atoms with Crippen molar-refractivity contribution in [2.75, 3.05) is 31.1 Å². The van der Waals surface area contributed by atoms with E-state index in [1.54, 1.807) is 0 Å². The van der Waals surface area contributed by atoms with Crippen molar-refractivity contribution in [1.29, 1.82) is 0 Å². The summed E-state index contributed by atoms with van der Waals surface area (Å²) in [5.41, 5.74) is 1.08. The van der Waals surface area contributed by atoms with Gasteiger partial charge in [0.2, 0.25) is 5.91 Å². The van der Waals surface area contributed by atoms with Crippen LogP contribution >= 0.6 is 11.6 Å². The highest BCUT2D eigenvalue weighted by molar-refractivity contribution is 6.33. The molecule has 0 atom stereocenters. The first kappa shape index (κ1) is 12.8. The van der Waals surface area contributed by atoms with Crippen molar-refractivity contribution in [3.8, 4) is 0 Å². The molecule has 1 saturated heterocycles. The van der Waals surface area contributed by atoms with Crippen LogP contribution in [0.25, 0.3) is 0 Å². The molecular formula is C15H19ClN2O. The monoisotopic (exact) mass is 278 g/mol. The molecule has 1 aromatic carbocycles. The molecule has 102 valence electrons. The summed E-state index contributed by atoms with van der Waals surface area (Å²) < 4.78 is 0. The lowest BCUT2D eigenvalue weighted by atomic mass is 9.84. The van der Waals surface area contributed by atoms with Crippen LogP contribution in [0.15, 0.2) is 24.3 Å². The predicted octanol–water partition coefficient (Wildman–Crippen LogP) is 2.79. The van der Waals surface area contributed by atoms with E-state index in [1.165, 1.54) is 6.42 Å². The Labute approximate surface area is 119 Å². The van der Waals surface area contributed by atoms with Gasteiger partial charge in [-0.3, -0.25) is 4.79 Å². The molecule has 2 fully saturated rings. The molecule has 3 nitrogen and oxygen atoms in total. The number of rotatable bonds is 2. The molecular weight excluding hydrogens is 260 g/mol. The number of halogens is 1. The molecule has 19 heavy (non-hydrogen) atoms. The summed E-state index contributed by atoms with van der Waals surface area (Å²) in [6.07, 6.45) is 3.39. The molecule has 1 saturated carbocycles. The Morgan fingerprint density at radius 3 is 2.37 bits per heavy atom. The van der Waals surface area contributed by atoms with Crippen molar-refractivity contribution in [3.05, 3.63) is 29.3 Å². The van der Waals surface area contributed by atoms with Crippen molar-refractivity contribution in [3.63, 3.8) is 0 Å². The van der Waals surface area contributed by atoms with Gasteiger partial charge in [-0.2, -0.15) is 0 Å². The molecule has 3 rings (SSSR count). The molecule has 0 radical (unpaired) electrons. The van der Waals surface area contributed by atoms with Crippen molar-refractivity contribution < 1.29 is 4.79 Å². The van der Waals surface area contributed by atoms with Crippen LogP contribution in [-0.2, 0) is 4.79 Å². The summed E-state index contributed by atoms with van der Waals surface area (Å²) in [6.45, 7) is 3.39. The molecule has 0 aromatic heterocycles. The number of carbonyl (C=O) groups is 1. The quantitative estimate of drug-likeness (QED) is 0.831. The first-order chi connectivity index (χ1) is 9.25. The predicted molar refractivity (Wildman–Crippen MR) is 77.6 cm³/mol. The van der Waals surface area contributed by atoms with Crippen LogP contribution in [0.3, 0.4) is 0 Å². The zero-order chi connectivity index (χ0) is 13.2. The van der Waals surface area contributed by atoms with Crippen LogP contribution in [0.1, 0.15) is 19.3 Å². The highest BCUT2D eigenvalue weighted by atomic mass is 35.5. The molecule has 0 N–H and O–H groups in total. The molecule has 2 aliphatic rings. The van der Waals surface area contributed by atoms with Crippen LogP contribution in [0.4, 0.5) is 5.69 Å². The standard InChI is InChI=1S/C15H19ClN2O/c16-13-6-1-2-7-14(13)17-8-10-18(11-9-17)15(19)12-4-3-5-12/h1-2,6-7,12H,3-5,8-11H2. The number of nitrogens with zero attached hydrogens (tertiary/aromatic N) is 2. The molecule has 0 unspecified atom stereocenters. The minimum atomic E-state index is 0.312. The lowest BCUT2D eigenvalue weighted by molar-refractivity contribution is -0.138. The Morgan fingerprint density at radius 2 is 1.79 bits per heavy atom. The number of anilines is 1. The maximum Gasteiger partial charge on any atom is 0.225 e. The van der Waals surface area contributed by atoms with Gasteiger partial charge >= 0.3 is 0 Å². The zero-order valence-electron chi connectivity index (χ0n) is 11.0. The summed E-state index contributed by atoms with van der Waals surface area (Å²) in [4.78, 5) is 16.5. The molecule has 1 aliphatic carbocycles. The number of para-hydroxylation sites is 1. The third kappa shape index (κ3) is 2.57. The Bertz CT molecular complexity index is 465. The summed E-state index contributed by atoms with van der Waals surface area (Å²) in [7, 11) is 0. The molecule has 1 aromatic rings. The molecule has 1 heterocycles. The second-order valence-corrected chi connectivity index (χ2v) is 5.80. The van der Waals surface area contributed by atoms with Gasteiger partial charge in [-0.05, 0) is 25.0 Å². The number of amides is 1. The molecule has 1 amide bonds. The van der Waals surface area contributed by atoms with Gasteiger partial charge in [0.05, 0.1) is 10.7 Å². The van der Waals surface area contributed by atoms with Crippen molar-refractivity contribution >= 4 is 23.2 Å². The molecule has 4 heteroatoms. The Hall–Kier alpha value is -1.22. The van der Waals surface area contributed by atoms with E-state index in [4.69, 9.17) is 11.6 Å². The third-order valence-electron chi connectivity index (χ3n) is 4.24. The topological polar surface area (TPSA) is 23.6 Å². The van der Waals surface area contributed by atoms with Gasteiger partial charge in [0, 0.05) is 32.1 Å². The van der Waals surface area contributed by atoms with E-state index < -0.39 is 0 Å². The van der Waals surface area contributed by atoms with Crippen LogP contribution in [0.5, 0.6) is 0 Å². The summed E-state index contributed by atoms with van der Waals surface area (Å²) in [5.74, 6) is 0.678. The second-order valence-electron chi connectivity index (χ2n) is 5.39. The van der Waals surface area contributed by atoms with Gasteiger partial charge in [0.15, 0.2) is 0 Å². The van der Waals surface area contributed by atoms with E-state index in [0.717, 1.165) is 49.7 Å². The van der Waals surface area contributed by atoms with Crippen LogP contribution in [0, 0.1) is 5.92 Å². The Balaban J connectivity index is 1.60. The first-order valence-electron chi connectivity index (χ1n) is 7.04. The van der Waals surface area contributed by atoms with Crippen molar-refractivity contribution in [2.24, 2.45) is 5.92 Å². The van der Waals surface area contributed by atoms with Gasteiger partial charge in [-0.15, -0.1) is 0 Å². The average molecular weight is 279 g/mol. The van der Waals surface area contributed by atoms with Crippen LogP contribution in [0.2, 0.25) is 5.02 Å². The van der Waals surface area contributed by atoms with E-state index in [2.05, 4.69) is 4.90 Å². The summed E-state index contributed by atoms with van der Waals surface area (Å²) >= 11 is 6.22. The van der Waals surface area contributed by atoms with E-state index in [-0.39, 0.29) is 0 Å². The summed E-state index contributed by atoms with van der Waals surface area (Å²) in [5, 5.41) is 0.793. The van der Waals surface area contributed by atoms with Gasteiger partial charge < -0.3 is 9.80 Å². The largest absolute Gasteiger partial charge is 0.367 e. The number of piperazine rings is 1.